The van der Waals surface area contributed by atoms with Crippen molar-refractivity contribution < 1.29 is 0 Å². The summed E-state index contributed by atoms with van der Waals surface area (Å²) in [6.07, 6.45) is 2.19. The Bertz CT molecular complexity index is 495. The van der Waals surface area contributed by atoms with Gasteiger partial charge < -0.3 is 4.90 Å². The van der Waals surface area contributed by atoms with Crippen LogP contribution < -0.4 is 4.90 Å². The van der Waals surface area contributed by atoms with Gasteiger partial charge in [-0.1, -0.05) is 29.8 Å². The normalized spacial score (nSPS) is 11.3. The lowest BCUT2D eigenvalue weighted by atomic mass is 10.1. The molecule has 0 N–H and O–H groups in total. The third-order valence-corrected chi connectivity index (χ3v) is 3.41. The lowest BCUT2D eigenvalue weighted by Gasteiger charge is -2.30. The van der Waals surface area contributed by atoms with Crippen LogP contribution in [-0.2, 0) is 0 Å². The van der Waals surface area contributed by atoms with Gasteiger partial charge in [-0.25, -0.2) is 0 Å². The van der Waals surface area contributed by atoms with Crippen molar-refractivity contribution in [1.29, 1.82) is 0 Å². The zero-order chi connectivity index (χ0) is 13.0. The van der Waals surface area contributed by atoms with E-state index in [-0.39, 0.29) is 0 Å². The van der Waals surface area contributed by atoms with Crippen LogP contribution in [0.15, 0.2) is 12.1 Å². The monoisotopic (exact) mass is 312 g/mol. The van der Waals surface area contributed by atoms with Crippen LogP contribution >= 0.6 is 15.9 Å². The highest BCUT2D eigenvalue weighted by Gasteiger charge is 2.17. The molecule has 2 rings (SSSR count). The molecule has 7 heteroatoms. The van der Waals surface area contributed by atoms with Gasteiger partial charge in [0.25, 0.3) is 0 Å². The fraction of sp³-hybridized carbons (Fsp3) is 0.636. The summed E-state index contributed by atoms with van der Waals surface area (Å²) >= 11 is 3.50. The molecular weight excluding hydrogens is 296 g/mol. The van der Waals surface area contributed by atoms with Crippen molar-refractivity contribution in [1.82, 2.24) is 25.3 Å². The molecule has 6 nitrogen and oxygen atoms in total. The predicted molar refractivity (Wildman–Crippen MR) is 74.1 cm³/mol. The summed E-state index contributed by atoms with van der Waals surface area (Å²) < 4.78 is 1.47. The maximum Gasteiger partial charge on any atom is 0.200 e. The molecule has 2 aromatic heterocycles. The zero-order valence-corrected chi connectivity index (χ0v) is 12.2. The van der Waals surface area contributed by atoms with Crippen LogP contribution in [0.3, 0.4) is 0 Å². The highest BCUT2D eigenvalue weighted by molar-refractivity contribution is 9.09. The van der Waals surface area contributed by atoms with E-state index in [1.165, 1.54) is 4.63 Å². The lowest BCUT2D eigenvalue weighted by Crippen LogP contribution is -2.37. The van der Waals surface area contributed by atoms with E-state index in [0.717, 1.165) is 30.5 Å². The Hall–Kier alpha value is -1.24. The smallest absolute Gasteiger partial charge is 0.200 e. The summed E-state index contributed by atoms with van der Waals surface area (Å²) in [5.74, 6) is 0.919. The molecule has 0 unspecified atom stereocenters. The van der Waals surface area contributed by atoms with Crippen molar-refractivity contribution in [3.8, 4) is 0 Å². The maximum absolute atomic E-state index is 4.46. The van der Waals surface area contributed by atoms with Crippen LogP contribution in [-0.4, -0.2) is 43.2 Å². The standard InChI is InChI=1S/C11H17BrN6/c1-3-9(4-2)17(8-7-12)11-6-5-10-13-15-16-18(10)14-11/h5-6,9H,3-4,7-8H2,1-2H3. The van der Waals surface area contributed by atoms with Gasteiger partial charge in [-0.3, -0.25) is 0 Å². The summed E-state index contributed by atoms with van der Waals surface area (Å²) in [5, 5.41) is 16.7. The maximum atomic E-state index is 4.46. The number of hydrogen-bond acceptors (Lipinski definition) is 5. The average molecular weight is 313 g/mol. The van der Waals surface area contributed by atoms with Crippen LogP contribution in [0.2, 0.25) is 0 Å². The van der Waals surface area contributed by atoms with E-state index >= 15 is 0 Å². The van der Waals surface area contributed by atoms with Gasteiger partial charge in [-0.15, -0.1) is 14.8 Å². The van der Waals surface area contributed by atoms with Gasteiger partial charge in [0.1, 0.15) is 0 Å². The van der Waals surface area contributed by atoms with Crippen LogP contribution in [0.4, 0.5) is 5.82 Å². The number of rotatable bonds is 6. The number of alkyl halides is 1. The Balaban J connectivity index is 2.33. The first-order chi connectivity index (χ1) is 8.80. The van der Waals surface area contributed by atoms with E-state index in [9.17, 15) is 0 Å². The van der Waals surface area contributed by atoms with Crippen LogP contribution in [0, 0.1) is 0 Å². The van der Waals surface area contributed by atoms with Crippen LogP contribution in [0.5, 0.6) is 0 Å². The molecule has 0 saturated heterocycles. The van der Waals surface area contributed by atoms with Crippen molar-refractivity contribution >= 4 is 27.4 Å². The number of aromatic nitrogens is 5. The molecule has 0 radical (unpaired) electrons. The fourth-order valence-electron chi connectivity index (χ4n) is 2.10. The Labute approximate surface area is 114 Å². The van der Waals surface area contributed by atoms with Gasteiger partial charge in [0.05, 0.1) is 0 Å². The first-order valence-electron chi connectivity index (χ1n) is 6.18. The molecule has 0 amide bonds. The van der Waals surface area contributed by atoms with Crippen molar-refractivity contribution in [3.63, 3.8) is 0 Å². The minimum Gasteiger partial charge on any atom is -0.351 e. The molecule has 0 fully saturated rings. The predicted octanol–water partition coefficient (Wildman–Crippen LogP) is 1.91. The largest absolute Gasteiger partial charge is 0.351 e. The number of fused-ring (bicyclic) bond motifs is 1. The van der Waals surface area contributed by atoms with Crippen molar-refractivity contribution in [2.24, 2.45) is 0 Å². The molecule has 0 aromatic carbocycles. The SMILES string of the molecule is CCC(CC)N(CCBr)c1ccc2nnnn2n1. The van der Waals surface area contributed by atoms with Gasteiger partial charge >= 0.3 is 0 Å². The molecule has 0 aliphatic heterocycles. The Morgan fingerprint density at radius 3 is 2.78 bits per heavy atom. The van der Waals surface area contributed by atoms with E-state index in [1.54, 1.807) is 0 Å². The van der Waals surface area contributed by atoms with Crippen LogP contribution in [0.1, 0.15) is 26.7 Å². The molecule has 0 atom stereocenters. The van der Waals surface area contributed by atoms with Gasteiger partial charge in [0.15, 0.2) is 11.5 Å². The zero-order valence-electron chi connectivity index (χ0n) is 10.6. The van der Waals surface area contributed by atoms with Gasteiger partial charge in [-0.05, 0) is 35.4 Å². The summed E-state index contributed by atoms with van der Waals surface area (Å²) in [4.78, 5) is 2.30. The molecule has 2 aromatic rings. The molecule has 98 valence electrons. The first kappa shape index (κ1) is 13.2. The highest BCUT2D eigenvalue weighted by Crippen LogP contribution is 2.18. The molecule has 0 spiro atoms. The van der Waals surface area contributed by atoms with E-state index in [1.807, 2.05) is 12.1 Å². The number of halogens is 1. The topological polar surface area (TPSA) is 59.2 Å². The third-order valence-electron chi connectivity index (χ3n) is 3.06. The first-order valence-corrected chi connectivity index (χ1v) is 7.30. The Kier molecular flexibility index (Phi) is 4.46. The number of anilines is 1. The van der Waals surface area contributed by atoms with Gasteiger partial charge in [0, 0.05) is 17.9 Å². The summed E-state index contributed by atoms with van der Waals surface area (Å²) in [6, 6.07) is 4.36. The lowest BCUT2D eigenvalue weighted by molar-refractivity contribution is 0.557. The minimum atomic E-state index is 0.490. The molecule has 18 heavy (non-hydrogen) atoms. The second kappa shape index (κ2) is 6.08. The van der Waals surface area contributed by atoms with Gasteiger partial charge in [-0.2, -0.15) is 0 Å². The summed E-state index contributed by atoms with van der Waals surface area (Å²) in [7, 11) is 0. The molecular formula is C11H17BrN6. The number of nitrogens with zero attached hydrogens (tertiary/aromatic N) is 6. The van der Waals surface area contributed by atoms with Crippen molar-refractivity contribution in [2.45, 2.75) is 32.7 Å². The quantitative estimate of drug-likeness (QED) is 0.763. The third kappa shape index (κ3) is 2.60. The Morgan fingerprint density at radius 2 is 2.11 bits per heavy atom. The fourth-order valence-corrected chi connectivity index (χ4v) is 2.48. The molecule has 2 heterocycles. The van der Waals surface area contributed by atoms with Crippen molar-refractivity contribution in [2.75, 3.05) is 16.8 Å². The molecule has 0 saturated carbocycles. The minimum absolute atomic E-state index is 0.490. The van der Waals surface area contributed by atoms with E-state index in [4.69, 9.17) is 0 Å². The van der Waals surface area contributed by atoms with E-state index < -0.39 is 0 Å². The average Bonchev–Trinajstić information content (AvgIpc) is 2.86. The van der Waals surface area contributed by atoms with E-state index in [2.05, 4.69) is 55.3 Å². The Morgan fingerprint density at radius 1 is 1.33 bits per heavy atom. The second-order valence-corrected chi connectivity index (χ2v) is 4.86. The van der Waals surface area contributed by atoms with Gasteiger partial charge in [0.2, 0.25) is 0 Å². The molecule has 0 bridgehead atoms. The summed E-state index contributed by atoms with van der Waals surface area (Å²) in [5.41, 5.74) is 0.669. The second-order valence-electron chi connectivity index (χ2n) is 4.07. The number of hydrogen-bond donors (Lipinski definition) is 0. The molecule has 0 aliphatic carbocycles. The summed E-state index contributed by atoms with van der Waals surface area (Å²) in [6.45, 7) is 5.32. The number of tetrazole rings is 1. The highest BCUT2D eigenvalue weighted by atomic mass is 79.9. The van der Waals surface area contributed by atoms with Crippen molar-refractivity contribution in [3.05, 3.63) is 12.1 Å². The molecule has 0 aliphatic rings. The van der Waals surface area contributed by atoms with Crippen LogP contribution in [0.25, 0.3) is 5.65 Å². The van der Waals surface area contributed by atoms with E-state index in [0.29, 0.717) is 11.7 Å².